The van der Waals surface area contributed by atoms with Crippen molar-refractivity contribution in [1.82, 2.24) is 18.9 Å². The van der Waals surface area contributed by atoms with E-state index in [9.17, 15) is 4.79 Å². The number of allylic oxidation sites excluding steroid dienone is 2. The summed E-state index contributed by atoms with van der Waals surface area (Å²) in [6.07, 6.45) is 13.3. The minimum Gasteiger partial charge on any atom is -0.424 e. The summed E-state index contributed by atoms with van der Waals surface area (Å²) in [5.74, 6) is 1.35. The van der Waals surface area contributed by atoms with Crippen LogP contribution in [-0.4, -0.2) is 24.9 Å². The highest BCUT2D eigenvalue weighted by Crippen LogP contribution is 2.34. The molecule has 0 bridgehead atoms. The van der Waals surface area contributed by atoms with E-state index in [1.807, 2.05) is 31.3 Å². The first-order chi connectivity index (χ1) is 16.2. The third-order valence-electron chi connectivity index (χ3n) is 6.50. The van der Waals surface area contributed by atoms with E-state index in [1.165, 1.54) is 31.3 Å². The molecule has 1 aromatic carbocycles. The van der Waals surface area contributed by atoms with Crippen LogP contribution in [0.5, 0.6) is 5.75 Å². The Morgan fingerprint density at radius 1 is 1.06 bits per heavy atom. The van der Waals surface area contributed by atoms with Crippen molar-refractivity contribution in [2.75, 3.05) is 0 Å². The molecule has 6 nitrogen and oxygen atoms in total. The molecule has 0 fully saturated rings. The van der Waals surface area contributed by atoms with Gasteiger partial charge in [-0.15, -0.1) is 0 Å². The monoisotopic (exact) mass is 444 g/mol. The fourth-order valence-corrected chi connectivity index (χ4v) is 4.89. The third kappa shape index (κ3) is 4.14. The van der Waals surface area contributed by atoms with Crippen LogP contribution in [0.15, 0.2) is 42.1 Å². The first kappa shape index (κ1) is 21.7. The molecule has 0 spiro atoms. The minimum absolute atomic E-state index is 0.210. The Hall–Kier alpha value is -3.15. The average Bonchev–Trinajstić information content (AvgIpc) is 3.37. The van der Waals surface area contributed by atoms with Crippen molar-refractivity contribution >= 4 is 33.7 Å². The lowest BCUT2D eigenvalue weighted by molar-refractivity contribution is -0.134. The van der Waals surface area contributed by atoms with Crippen LogP contribution in [0.1, 0.15) is 71.0 Å². The molecule has 1 aliphatic carbocycles. The Balaban J connectivity index is 1.69. The number of imidazole rings is 1. The molecule has 0 saturated carbocycles. The minimum atomic E-state index is -0.210. The molecular formula is C27H32N4O2. The molecule has 6 heteroatoms. The molecule has 0 N–H and O–H groups in total. The van der Waals surface area contributed by atoms with Gasteiger partial charge in [0.2, 0.25) is 0 Å². The van der Waals surface area contributed by atoms with Gasteiger partial charge in [-0.2, -0.15) is 0 Å². The highest BCUT2D eigenvalue weighted by Gasteiger charge is 2.22. The van der Waals surface area contributed by atoms with Gasteiger partial charge >= 0.3 is 5.97 Å². The number of hydrogen-bond acceptors (Lipinski definition) is 4. The molecule has 172 valence electrons. The summed E-state index contributed by atoms with van der Waals surface area (Å²) < 4.78 is 10.2. The first-order valence-electron chi connectivity index (χ1n) is 12.4. The second-order valence-electron chi connectivity index (χ2n) is 9.01. The molecule has 0 atom stereocenters. The molecule has 0 unspecified atom stereocenters. The molecule has 1 aliphatic rings. The molecule has 3 heterocycles. The maximum Gasteiger partial charge on any atom is 0.311 e. The van der Waals surface area contributed by atoms with Crippen molar-refractivity contribution in [2.24, 2.45) is 0 Å². The summed E-state index contributed by atoms with van der Waals surface area (Å²) >= 11 is 0. The van der Waals surface area contributed by atoms with Crippen molar-refractivity contribution in [1.29, 1.82) is 0 Å². The largest absolute Gasteiger partial charge is 0.424 e. The number of aryl methyl sites for hydroxylation is 2. The maximum atomic E-state index is 12.5. The van der Waals surface area contributed by atoms with Crippen LogP contribution in [0.25, 0.3) is 27.7 Å². The lowest BCUT2D eigenvalue weighted by Gasteiger charge is -2.13. The Labute approximate surface area is 194 Å². The highest BCUT2D eigenvalue weighted by molar-refractivity contribution is 6.00. The van der Waals surface area contributed by atoms with Crippen molar-refractivity contribution in [2.45, 2.75) is 78.2 Å². The lowest BCUT2D eigenvalue weighted by Crippen LogP contribution is -2.07. The number of benzene rings is 1. The Morgan fingerprint density at radius 3 is 2.73 bits per heavy atom. The van der Waals surface area contributed by atoms with Crippen LogP contribution in [0.2, 0.25) is 0 Å². The molecule has 0 saturated heterocycles. The third-order valence-corrected chi connectivity index (χ3v) is 6.50. The number of fused-ring (bicyclic) bond motifs is 5. The van der Waals surface area contributed by atoms with Gasteiger partial charge in [0, 0.05) is 25.6 Å². The number of para-hydroxylation sites is 2. The van der Waals surface area contributed by atoms with E-state index in [2.05, 4.69) is 28.0 Å². The second-order valence-corrected chi connectivity index (χ2v) is 9.01. The van der Waals surface area contributed by atoms with Gasteiger partial charge in [0.1, 0.15) is 16.9 Å². The lowest BCUT2D eigenvalue weighted by atomic mass is 9.97. The molecule has 5 rings (SSSR count). The van der Waals surface area contributed by atoms with Crippen molar-refractivity contribution in [3.8, 4) is 5.75 Å². The summed E-state index contributed by atoms with van der Waals surface area (Å²) in [4.78, 5) is 22.6. The smallest absolute Gasteiger partial charge is 0.311 e. The zero-order valence-corrected chi connectivity index (χ0v) is 19.6. The fraction of sp³-hybridized carbons (Fsp3) is 0.444. The van der Waals surface area contributed by atoms with E-state index in [0.717, 1.165) is 65.8 Å². The van der Waals surface area contributed by atoms with Crippen LogP contribution in [-0.2, 0) is 17.8 Å². The van der Waals surface area contributed by atoms with Crippen LogP contribution in [0.3, 0.4) is 0 Å². The van der Waals surface area contributed by atoms with Crippen LogP contribution < -0.4 is 4.74 Å². The summed E-state index contributed by atoms with van der Waals surface area (Å²) in [6, 6.07) is 8.14. The Kier molecular flexibility index (Phi) is 6.16. The molecule has 0 amide bonds. The van der Waals surface area contributed by atoms with Crippen LogP contribution in [0.4, 0.5) is 0 Å². The van der Waals surface area contributed by atoms with E-state index in [1.54, 1.807) is 0 Å². The molecular weight excluding hydrogens is 412 g/mol. The zero-order chi connectivity index (χ0) is 22.8. The van der Waals surface area contributed by atoms with E-state index in [-0.39, 0.29) is 5.97 Å². The predicted molar refractivity (Wildman–Crippen MR) is 132 cm³/mol. The fourth-order valence-electron chi connectivity index (χ4n) is 4.89. The number of ether oxygens (including phenoxy) is 1. The van der Waals surface area contributed by atoms with Gasteiger partial charge in [-0.05, 0) is 57.1 Å². The molecule has 4 aromatic rings. The van der Waals surface area contributed by atoms with Gasteiger partial charge in [0.05, 0.1) is 11.0 Å². The SMILES string of the molecule is CCCC(=O)Oc1cn(CCC2=CCCCC2)c2nc(CCC)n3c4ccccc4nc3c12. The number of nitrogens with zero attached hydrogens (tertiary/aromatic N) is 4. The number of hydrogen-bond donors (Lipinski definition) is 0. The number of esters is 1. The number of aromatic nitrogens is 4. The van der Waals surface area contributed by atoms with Gasteiger partial charge in [-0.1, -0.05) is 37.6 Å². The van der Waals surface area contributed by atoms with E-state index >= 15 is 0 Å². The predicted octanol–water partition coefficient (Wildman–Crippen LogP) is 6.39. The Bertz CT molecular complexity index is 1340. The van der Waals surface area contributed by atoms with Gasteiger partial charge in [0.15, 0.2) is 11.4 Å². The van der Waals surface area contributed by atoms with Gasteiger partial charge in [0.25, 0.3) is 0 Å². The Morgan fingerprint density at radius 2 is 1.94 bits per heavy atom. The van der Waals surface area contributed by atoms with Gasteiger partial charge in [-0.3, -0.25) is 9.20 Å². The average molecular weight is 445 g/mol. The van der Waals surface area contributed by atoms with Crippen molar-refractivity contribution in [3.05, 3.63) is 47.9 Å². The summed E-state index contributed by atoms with van der Waals surface area (Å²) in [5.41, 5.74) is 5.16. The van der Waals surface area contributed by atoms with Gasteiger partial charge < -0.3 is 9.30 Å². The number of rotatable bonds is 8. The normalized spacial score (nSPS) is 14.3. The van der Waals surface area contributed by atoms with Crippen molar-refractivity contribution in [3.63, 3.8) is 0 Å². The number of carbonyl (C=O) groups excluding carboxylic acids is 1. The first-order valence-corrected chi connectivity index (χ1v) is 12.4. The van der Waals surface area contributed by atoms with Crippen molar-refractivity contribution < 1.29 is 9.53 Å². The van der Waals surface area contributed by atoms with E-state index in [0.29, 0.717) is 12.2 Å². The summed E-state index contributed by atoms with van der Waals surface area (Å²) in [6.45, 7) is 4.98. The van der Waals surface area contributed by atoms with E-state index in [4.69, 9.17) is 14.7 Å². The van der Waals surface area contributed by atoms with Gasteiger partial charge in [-0.25, -0.2) is 9.97 Å². The molecule has 0 aliphatic heterocycles. The molecule has 0 radical (unpaired) electrons. The quantitative estimate of drug-likeness (QED) is 0.233. The van der Waals surface area contributed by atoms with E-state index < -0.39 is 0 Å². The second kappa shape index (κ2) is 9.38. The topological polar surface area (TPSA) is 61.4 Å². The zero-order valence-electron chi connectivity index (χ0n) is 19.6. The molecule has 33 heavy (non-hydrogen) atoms. The molecule has 3 aromatic heterocycles. The summed E-state index contributed by atoms with van der Waals surface area (Å²) in [5, 5.41) is 0.827. The van der Waals surface area contributed by atoms with Crippen LogP contribution in [0, 0.1) is 0 Å². The summed E-state index contributed by atoms with van der Waals surface area (Å²) in [7, 11) is 0. The van der Waals surface area contributed by atoms with Crippen LogP contribution >= 0.6 is 0 Å². The highest BCUT2D eigenvalue weighted by atomic mass is 16.5. The maximum absolute atomic E-state index is 12.5. The standard InChI is InChI=1S/C27H32N4O2/c1-3-10-23-29-26-25(27-28-20-14-8-9-15-21(20)31(23)27)22(33-24(32)11-4-2)18-30(26)17-16-19-12-6-5-7-13-19/h8-9,12,14-15,18H,3-7,10-11,13,16-17H2,1-2H3. The number of carbonyl (C=O) groups is 1.